The third-order valence-corrected chi connectivity index (χ3v) is 11.1. The molecule has 0 radical (unpaired) electrons. The lowest BCUT2D eigenvalue weighted by atomic mass is 9.94. The molecule has 1 aliphatic rings. The summed E-state index contributed by atoms with van der Waals surface area (Å²) in [5, 5.41) is 45.7. The third kappa shape index (κ3) is 25.2. The van der Waals surface area contributed by atoms with Crippen LogP contribution in [0.15, 0.2) is 0 Å². The molecule has 12 heteroatoms. The zero-order valence-corrected chi connectivity index (χ0v) is 35.5. The Morgan fingerprint density at radius 2 is 0.982 bits per heavy atom. The van der Waals surface area contributed by atoms with Gasteiger partial charge < -0.3 is 40.7 Å². The number of rotatable bonds is 37. The number of amides is 3. The summed E-state index contributed by atoms with van der Waals surface area (Å²) in [5.41, 5.74) is 0. The Labute approximate surface area is 339 Å². The number of unbranched alkanes of at least 4 members (excludes halogenated alkanes) is 25. The van der Waals surface area contributed by atoms with E-state index in [-0.39, 0.29) is 25.2 Å². The molecule has 0 aromatic heterocycles. The van der Waals surface area contributed by atoms with Gasteiger partial charge in [0.2, 0.25) is 17.7 Å². The Morgan fingerprint density at radius 3 is 1.41 bits per heavy atom. The van der Waals surface area contributed by atoms with Crippen LogP contribution in [0, 0.1) is 0 Å². The number of carboxylic acids is 1. The van der Waals surface area contributed by atoms with Crippen molar-refractivity contribution in [3.05, 3.63) is 0 Å². The Bertz CT molecular complexity index is 1020. The van der Waals surface area contributed by atoms with Crippen LogP contribution in [0.1, 0.15) is 206 Å². The van der Waals surface area contributed by atoms with Crippen molar-refractivity contribution >= 4 is 23.7 Å². The van der Waals surface area contributed by atoms with Gasteiger partial charge >= 0.3 is 5.97 Å². The maximum atomic E-state index is 13.9. The number of hydrogen-bond acceptors (Lipinski definition) is 8. The highest BCUT2D eigenvalue weighted by Gasteiger charge is 2.48. The molecule has 0 bridgehead atoms. The Balaban J connectivity index is 2.74. The van der Waals surface area contributed by atoms with E-state index < -0.39 is 61.5 Å². The number of ether oxygens (including phenoxy) is 1. The second-order valence-electron chi connectivity index (χ2n) is 16.2. The molecule has 3 amide bonds. The van der Waals surface area contributed by atoms with E-state index in [2.05, 4.69) is 24.5 Å². The maximum Gasteiger partial charge on any atom is 0.303 e. The fraction of sp³-hybridized carbons (Fsp3) is 0.909. The molecule has 1 rings (SSSR count). The molecule has 6 N–H and O–H groups in total. The van der Waals surface area contributed by atoms with Gasteiger partial charge in [-0.05, 0) is 12.8 Å². The highest BCUT2D eigenvalue weighted by molar-refractivity contribution is 5.86. The van der Waals surface area contributed by atoms with Crippen molar-refractivity contribution in [1.29, 1.82) is 0 Å². The predicted molar refractivity (Wildman–Crippen MR) is 222 cm³/mol. The largest absolute Gasteiger partial charge is 0.481 e. The molecule has 12 nitrogen and oxygen atoms in total. The Kier molecular flexibility index (Phi) is 32.1. The number of hydrogen-bond donors (Lipinski definition) is 6. The normalized spacial score (nSPS) is 19.5. The minimum absolute atomic E-state index is 0.173. The molecule has 0 spiro atoms. The van der Waals surface area contributed by atoms with Crippen LogP contribution in [-0.4, -0.2) is 99.3 Å². The van der Waals surface area contributed by atoms with Crippen molar-refractivity contribution in [2.75, 3.05) is 19.7 Å². The number of aliphatic hydroxyl groups is 3. The van der Waals surface area contributed by atoms with Gasteiger partial charge in [0.1, 0.15) is 24.4 Å². The van der Waals surface area contributed by atoms with Crippen LogP contribution < -0.4 is 10.6 Å². The summed E-state index contributed by atoms with van der Waals surface area (Å²) < 4.78 is 6.07. The van der Waals surface area contributed by atoms with Crippen LogP contribution >= 0.6 is 0 Å². The van der Waals surface area contributed by atoms with E-state index in [9.17, 15) is 34.5 Å². The van der Waals surface area contributed by atoms with E-state index in [0.717, 1.165) is 38.5 Å². The molecular weight excluding hydrogens is 714 g/mol. The van der Waals surface area contributed by atoms with Gasteiger partial charge in [-0.1, -0.05) is 174 Å². The monoisotopic (exact) mass is 798 g/mol. The fourth-order valence-electron chi connectivity index (χ4n) is 7.55. The maximum absolute atomic E-state index is 13.9. The molecule has 5 atom stereocenters. The summed E-state index contributed by atoms with van der Waals surface area (Å²) in [6.45, 7) is 3.74. The number of aliphatic carboxylic acids is 1. The van der Waals surface area contributed by atoms with Crippen LogP contribution in [0.4, 0.5) is 0 Å². The summed E-state index contributed by atoms with van der Waals surface area (Å²) in [5.74, 6) is -2.62. The van der Waals surface area contributed by atoms with Crippen LogP contribution in [0.3, 0.4) is 0 Å². The van der Waals surface area contributed by atoms with E-state index in [1.54, 1.807) is 4.90 Å². The summed E-state index contributed by atoms with van der Waals surface area (Å²) in [4.78, 5) is 51.2. The number of carboxylic acid groups (broad SMARTS) is 1. The lowest BCUT2D eigenvalue weighted by molar-refractivity contribution is -0.231. The first-order valence-electron chi connectivity index (χ1n) is 22.9. The number of carbonyl (C=O) groups is 4. The third-order valence-electron chi connectivity index (χ3n) is 11.1. The highest BCUT2D eigenvalue weighted by Crippen LogP contribution is 2.26. The molecule has 328 valence electrons. The van der Waals surface area contributed by atoms with Crippen molar-refractivity contribution in [3.63, 3.8) is 0 Å². The molecular formula is C44H83N3O9. The first-order chi connectivity index (χ1) is 27.2. The molecule has 0 aliphatic carbocycles. The number of nitrogens with zero attached hydrogens (tertiary/aromatic N) is 1. The zero-order valence-electron chi connectivity index (χ0n) is 35.5. The summed E-state index contributed by atoms with van der Waals surface area (Å²) >= 11 is 0. The summed E-state index contributed by atoms with van der Waals surface area (Å²) in [6, 6.07) is -1.22. The molecule has 1 saturated heterocycles. The van der Waals surface area contributed by atoms with Crippen molar-refractivity contribution in [2.45, 2.75) is 237 Å². The SMILES string of the molecule is CCCCCCCCCCCCCCCCCCN(C(=O)CCCCCCCCCCCCC)[C@@H]1O[C@H](CO)[C@@H](O)[C@H](O)[C@@H]1NC(=O)CNC(=O)CCC(=O)O. The van der Waals surface area contributed by atoms with E-state index in [4.69, 9.17) is 9.84 Å². The van der Waals surface area contributed by atoms with Gasteiger partial charge in [0.15, 0.2) is 6.23 Å². The minimum Gasteiger partial charge on any atom is -0.481 e. The molecule has 0 unspecified atom stereocenters. The standard InChI is InChI=1S/C44H83N3O9/c1-3-5-7-9-11-13-15-16-17-18-19-21-23-25-27-29-33-47(39(51)30-28-26-24-22-20-14-12-10-8-6-4-2)44-41(43(55)42(54)36(35-48)56-44)46-38(50)34-45-37(49)31-32-40(52)53/h36,41-44,48,54-55H,3-35H2,1-2H3,(H,45,49)(H,46,50)(H,52,53)/t36-,41+,42-,43-,44-/m1/s1. The van der Waals surface area contributed by atoms with Crippen molar-refractivity contribution in [1.82, 2.24) is 15.5 Å². The van der Waals surface area contributed by atoms with Crippen molar-refractivity contribution < 1.29 is 44.3 Å². The molecule has 1 heterocycles. The van der Waals surface area contributed by atoms with Gasteiger partial charge in [-0.15, -0.1) is 0 Å². The average molecular weight is 798 g/mol. The molecule has 1 fully saturated rings. The molecule has 1 aliphatic heterocycles. The van der Waals surface area contributed by atoms with Gasteiger partial charge in [0.25, 0.3) is 0 Å². The average Bonchev–Trinajstić information content (AvgIpc) is 3.18. The number of carbonyl (C=O) groups excluding carboxylic acids is 3. The van der Waals surface area contributed by atoms with E-state index in [1.165, 1.54) is 122 Å². The second kappa shape index (κ2) is 34.7. The second-order valence-corrected chi connectivity index (χ2v) is 16.2. The smallest absolute Gasteiger partial charge is 0.303 e. The molecule has 0 aromatic carbocycles. The van der Waals surface area contributed by atoms with Crippen molar-refractivity contribution in [2.24, 2.45) is 0 Å². The molecule has 0 saturated carbocycles. The van der Waals surface area contributed by atoms with E-state index in [1.807, 2.05) is 0 Å². The van der Waals surface area contributed by atoms with Crippen LogP contribution in [-0.2, 0) is 23.9 Å². The summed E-state index contributed by atoms with van der Waals surface area (Å²) in [6.07, 6.45) is 26.5. The van der Waals surface area contributed by atoms with Gasteiger partial charge in [-0.3, -0.25) is 19.2 Å². The molecule has 56 heavy (non-hydrogen) atoms. The Hall–Kier alpha value is -2.28. The minimum atomic E-state index is -1.55. The summed E-state index contributed by atoms with van der Waals surface area (Å²) in [7, 11) is 0. The number of nitrogens with one attached hydrogen (secondary N) is 2. The van der Waals surface area contributed by atoms with Gasteiger partial charge in [-0.2, -0.15) is 0 Å². The van der Waals surface area contributed by atoms with E-state index >= 15 is 0 Å². The topological polar surface area (TPSA) is 186 Å². The number of aliphatic hydroxyl groups excluding tert-OH is 3. The van der Waals surface area contributed by atoms with E-state index in [0.29, 0.717) is 19.4 Å². The Morgan fingerprint density at radius 1 is 0.554 bits per heavy atom. The van der Waals surface area contributed by atoms with Crippen LogP contribution in [0.25, 0.3) is 0 Å². The predicted octanol–water partition coefficient (Wildman–Crippen LogP) is 7.68. The van der Waals surface area contributed by atoms with Gasteiger partial charge in [-0.25, -0.2) is 0 Å². The lowest BCUT2D eigenvalue weighted by Gasteiger charge is -2.47. The molecule has 0 aromatic rings. The lowest BCUT2D eigenvalue weighted by Crippen LogP contribution is -2.69. The van der Waals surface area contributed by atoms with Crippen molar-refractivity contribution in [3.8, 4) is 0 Å². The quantitative estimate of drug-likeness (QED) is 0.0343. The van der Waals surface area contributed by atoms with Crippen LogP contribution in [0.2, 0.25) is 0 Å². The first kappa shape index (κ1) is 51.7. The van der Waals surface area contributed by atoms with Gasteiger partial charge in [0, 0.05) is 19.4 Å². The zero-order chi connectivity index (χ0) is 41.2. The highest BCUT2D eigenvalue weighted by atomic mass is 16.5. The first-order valence-corrected chi connectivity index (χ1v) is 22.9. The fourth-order valence-corrected chi connectivity index (χ4v) is 7.55. The van der Waals surface area contributed by atoms with Gasteiger partial charge in [0.05, 0.1) is 19.6 Å². The van der Waals surface area contributed by atoms with Crippen LogP contribution in [0.5, 0.6) is 0 Å².